The van der Waals surface area contributed by atoms with E-state index in [4.69, 9.17) is 34.8 Å². The number of sulfonamides is 1. The summed E-state index contributed by atoms with van der Waals surface area (Å²) in [7, 11) is -3.94. The van der Waals surface area contributed by atoms with Gasteiger partial charge in [0, 0.05) is 34.1 Å². The molecular formula is C28H30Cl3N3O4S. The molecule has 3 aromatic carbocycles. The predicted octanol–water partition coefficient (Wildman–Crippen LogP) is 5.58. The Hall–Kier alpha value is -2.78. The third-order valence-corrected chi connectivity index (χ3v) is 7.57. The van der Waals surface area contributed by atoms with Crippen LogP contribution in [0.15, 0.2) is 72.8 Å². The highest BCUT2D eigenvalue weighted by Crippen LogP contribution is 2.27. The van der Waals surface area contributed by atoms with E-state index in [9.17, 15) is 18.0 Å². The lowest BCUT2D eigenvalue weighted by atomic mass is 10.0. The largest absolute Gasteiger partial charge is 0.352 e. The predicted molar refractivity (Wildman–Crippen MR) is 158 cm³/mol. The Morgan fingerprint density at radius 2 is 1.46 bits per heavy atom. The van der Waals surface area contributed by atoms with Crippen molar-refractivity contribution in [2.45, 2.75) is 38.9 Å². The molecule has 1 atom stereocenters. The monoisotopic (exact) mass is 609 g/mol. The number of rotatable bonds is 11. The molecule has 0 spiro atoms. The van der Waals surface area contributed by atoms with E-state index >= 15 is 0 Å². The van der Waals surface area contributed by atoms with E-state index < -0.39 is 28.5 Å². The standard InChI is InChI=1S/C28H30Cl3N3O4S/c1-19(2)32-28(36)26(13-20-8-5-4-6-9-20)33(17-21-10-7-11-22(29)12-21)27(35)18-34(39(3,37)38)25-15-23(30)14-24(31)16-25/h4-12,14-16,19,26H,13,17-18H2,1-3H3,(H,32,36)/t26-/m1/s1. The van der Waals surface area contributed by atoms with Gasteiger partial charge in [-0.3, -0.25) is 13.9 Å². The number of hydrogen-bond donors (Lipinski definition) is 1. The van der Waals surface area contributed by atoms with Crippen molar-refractivity contribution in [2.24, 2.45) is 0 Å². The zero-order valence-electron chi connectivity index (χ0n) is 21.8. The fourth-order valence-electron chi connectivity index (χ4n) is 4.06. The number of nitrogens with zero attached hydrogens (tertiary/aromatic N) is 2. The van der Waals surface area contributed by atoms with Crippen molar-refractivity contribution in [1.29, 1.82) is 0 Å². The summed E-state index contributed by atoms with van der Waals surface area (Å²) in [6.07, 6.45) is 1.21. The molecule has 3 rings (SSSR count). The normalized spacial score (nSPS) is 12.2. The van der Waals surface area contributed by atoms with Gasteiger partial charge in [0.1, 0.15) is 12.6 Å². The second-order valence-corrected chi connectivity index (χ2v) is 12.6. The van der Waals surface area contributed by atoms with Gasteiger partial charge in [-0.05, 0) is 55.3 Å². The topological polar surface area (TPSA) is 86.8 Å². The van der Waals surface area contributed by atoms with Crippen molar-refractivity contribution in [3.63, 3.8) is 0 Å². The maximum atomic E-state index is 14.0. The lowest BCUT2D eigenvalue weighted by Gasteiger charge is -2.34. The van der Waals surface area contributed by atoms with Gasteiger partial charge in [-0.2, -0.15) is 0 Å². The van der Waals surface area contributed by atoms with E-state index in [1.165, 1.54) is 23.1 Å². The zero-order valence-corrected chi connectivity index (χ0v) is 24.9. The lowest BCUT2D eigenvalue weighted by molar-refractivity contribution is -0.140. The van der Waals surface area contributed by atoms with Crippen LogP contribution in [0, 0.1) is 0 Å². The highest BCUT2D eigenvalue weighted by molar-refractivity contribution is 7.92. The summed E-state index contributed by atoms with van der Waals surface area (Å²) in [4.78, 5) is 28.9. The van der Waals surface area contributed by atoms with Gasteiger partial charge in [0.25, 0.3) is 0 Å². The van der Waals surface area contributed by atoms with Gasteiger partial charge in [0.2, 0.25) is 21.8 Å². The van der Waals surface area contributed by atoms with Crippen molar-refractivity contribution in [3.8, 4) is 0 Å². The third kappa shape index (κ3) is 9.14. The molecule has 0 aliphatic carbocycles. The minimum atomic E-state index is -3.94. The van der Waals surface area contributed by atoms with Gasteiger partial charge < -0.3 is 10.2 Å². The van der Waals surface area contributed by atoms with Gasteiger partial charge in [-0.15, -0.1) is 0 Å². The molecule has 0 radical (unpaired) electrons. The molecule has 0 saturated carbocycles. The summed E-state index contributed by atoms with van der Waals surface area (Å²) in [5.74, 6) is -0.947. The minimum Gasteiger partial charge on any atom is -0.352 e. The fourth-order valence-corrected chi connectivity index (χ4v) is 5.62. The molecule has 0 bridgehead atoms. The summed E-state index contributed by atoms with van der Waals surface area (Å²) >= 11 is 18.5. The molecular weight excluding hydrogens is 581 g/mol. The highest BCUT2D eigenvalue weighted by Gasteiger charge is 2.33. The van der Waals surface area contributed by atoms with Gasteiger partial charge >= 0.3 is 0 Å². The molecule has 2 amide bonds. The van der Waals surface area contributed by atoms with E-state index in [-0.39, 0.29) is 40.6 Å². The summed E-state index contributed by atoms with van der Waals surface area (Å²) < 4.78 is 26.6. The van der Waals surface area contributed by atoms with Crippen LogP contribution < -0.4 is 9.62 Å². The van der Waals surface area contributed by atoms with Crippen LogP contribution in [-0.2, 0) is 32.6 Å². The van der Waals surface area contributed by atoms with E-state index in [0.717, 1.165) is 16.1 Å². The molecule has 0 unspecified atom stereocenters. The average molecular weight is 611 g/mol. The van der Waals surface area contributed by atoms with Crippen LogP contribution in [0.3, 0.4) is 0 Å². The number of halogens is 3. The van der Waals surface area contributed by atoms with Gasteiger partial charge in [-0.1, -0.05) is 77.3 Å². The molecule has 0 saturated heterocycles. The lowest BCUT2D eigenvalue weighted by Crippen LogP contribution is -2.54. The molecule has 39 heavy (non-hydrogen) atoms. The Labute approximate surface area is 244 Å². The average Bonchev–Trinajstić information content (AvgIpc) is 2.83. The summed E-state index contributed by atoms with van der Waals surface area (Å²) in [5, 5.41) is 3.80. The van der Waals surface area contributed by atoms with Crippen molar-refractivity contribution in [2.75, 3.05) is 17.1 Å². The first-order chi connectivity index (χ1) is 18.3. The number of anilines is 1. The SMILES string of the molecule is CC(C)NC(=O)[C@@H](Cc1ccccc1)N(Cc1cccc(Cl)c1)C(=O)CN(c1cc(Cl)cc(Cl)c1)S(C)(=O)=O. The first kappa shape index (κ1) is 30.8. The maximum absolute atomic E-state index is 14.0. The molecule has 0 aliphatic heterocycles. The third-order valence-electron chi connectivity index (χ3n) is 5.76. The maximum Gasteiger partial charge on any atom is 0.244 e. The number of carbonyl (C=O) groups excluding carboxylic acids is 2. The van der Waals surface area contributed by atoms with Gasteiger partial charge in [0.05, 0.1) is 11.9 Å². The Kier molecular flexibility index (Phi) is 10.7. The molecule has 7 nitrogen and oxygen atoms in total. The van der Waals surface area contributed by atoms with Crippen LogP contribution in [0.1, 0.15) is 25.0 Å². The van der Waals surface area contributed by atoms with E-state index in [1.807, 2.05) is 44.2 Å². The molecule has 11 heteroatoms. The number of carbonyl (C=O) groups is 2. The molecule has 1 N–H and O–H groups in total. The number of nitrogens with one attached hydrogen (secondary N) is 1. The molecule has 0 fully saturated rings. The molecule has 0 heterocycles. The van der Waals surface area contributed by atoms with Crippen molar-refractivity contribution in [3.05, 3.63) is 99.0 Å². The van der Waals surface area contributed by atoms with Crippen LogP contribution in [0.5, 0.6) is 0 Å². The Balaban J connectivity index is 2.07. The first-order valence-corrected chi connectivity index (χ1v) is 15.1. The number of benzene rings is 3. The van der Waals surface area contributed by atoms with Crippen LogP contribution >= 0.6 is 34.8 Å². The van der Waals surface area contributed by atoms with Crippen molar-refractivity contribution < 1.29 is 18.0 Å². The zero-order chi connectivity index (χ0) is 28.7. The Morgan fingerprint density at radius 1 is 0.846 bits per heavy atom. The van der Waals surface area contributed by atoms with Crippen molar-refractivity contribution in [1.82, 2.24) is 10.2 Å². The Morgan fingerprint density at radius 3 is 2.03 bits per heavy atom. The molecule has 0 aromatic heterocycles. The van der Waals surface area contributed by atoms with E-state index in [1.54, 1.807) is 24.3 Å². The first-order valence-electron chi connectivity index (χ1n) is 12.2. The summed E-state index contributed by atoms with van der Waals surface area (Å²) in [5.41, 5.74) is 1.66. The number of hydrogen-bond acceptors (Lipinski definition) is 4. The smallest absolute Gasteiger partial charge is 0.244 e. The quantitative estimate of drug-likeness (QED) is 0.307. The second kappa shape index (κ2) is 13.5. The summed E-state index contributed by atoms with van der Waals surface area (Å²) in [6.45, 7) is 3.11. The number of amides is 2. The molecule has 3 aromatic rings. The van der Waals surface area contributed by atoms with Crippen LogP contribution in [-0.4, -0.2) is 50.0 Å². The van der Waals surface area contributed by atoms with Crippen LogP contribution in [0.2, 0.25) is 15.1 Å². The second-order valence-electron chi connectivity index (χ2n) is 9.42. The molecule has 208 valence electrons. The highest BCUT2D eigenvalue weighted by atomic mass is 35.5. The molecule has 0 aliphatic rings. The summed E-state index contributed by atoms with van der Waals surface area (Å²) in [6, 6.07) is 19.4. The Bertz CT molecular complexity index is 1400. The van der Waals surface area contributed by atoms with E-state index in [0.29, 0.717) is 10.6 Å². The van der Waals surface area contributed by atoms with Gasteiger partial charge in [-0.25, -0.2) is 8.42 Å². The van der Waals surface area contributed by atoms with Crippen LogP contribution in [0.25, 0.3) is 0 Å². The minimum absolute atomic E-state index is 0.0241. The van der Waals surface area contributed by atoms with Crippen molar-refractivity contribution >= 4 is 62.3 Å². The fraction of sp³-hybridized carbons (Fsp3) is 0.286. The van der Waals surface area contributed by atoms with E-state index in [2.05, 4.69) is 5.32 Å². The van der Waals surface area contributed by atoms with Crippen LogP contribution in [0.4, 0.5) is 5.69 Å². The van der Waals surface area contributed by atoms with Gasteiger partial charge in [0.15, 0.2) is 0 Å².